The lowest BCUT2D eigenvalue weighted by Gasteiger charge is -2.43. The quantitative estimate of drug-likeness (QED) is 0.234. The van der Waals surface area contributed by atoms with Crippen LogP contribution in [-0.4, -0.2) is 50.6 Å². The molecule has 0 bridgehead atoms. The summed E-state index contributed by atoms with van der Waals surface area (Å²) in [6.45, 7) is 6.56. The summed E-state index contributed by atoms with van der Waals surface area (Å²) >= 11 is 0. The Bertz CT molecular complexity index is 966. The van der Waals surface area contributed by atoms with Gasteiger partial charge in [-0.2, -0.15) is 0 Å². The molecule has 0 saturated carbocycles. The van der Waals surface area contributed by atoms with Crippen LogP contribution < -0.4 is 21.4 Å². The molecule has 0 aliphatic heterocycles. The smallest absolute Gasteiger partial charge is 0.407 e. The minimum absolute atomic E-state index is 0.0375. The van der Waals surface area contributed by atoms with Crippen LogP contribution in [0.4, 0.5) is 4.79 Å². The average molecular weight is 499 g/mol. The lowest BCUT2D eigenvalue weighted by atomic mass is 10.1. The third-order valence-corrected chi connectivity index (χ3v) is 10.6. The summed E-state index contributed by atoms with van der Waals surface area (Å²) in [5.74, 6) is -1.82. The maximum absolute atomic E-state index is 12.2. The van der Waals surface area contributed by atoms with Gasteiger partial charge < -0.3 is 25.3 Å². The zero-order valence-corrected chi connectivity index (χ0v) is 21.4. The molecule has 2 aromatic carbocycles. The second-order valence-electron chi connectivity index (χ2n) is 9.06. The number of carboxylic acid groups (broad SMARTS) is 1. The average Bonchev–Trinajstić information content (AvgIpc) is 2.81. The Hall–Kier alpha value is -3.43. The van der Waals surface area contributed by atoms with E-state index in [4.69, 9.17) is 14.9 Å². The summed E-state index contributed by atoms with van der Waals surface area (Å²) in [6, 6.07) is 19.0. The molecule has 0 heterocycles. The number of carbonyl (C=O) groups is 3. The summed E-state index contributed by atoms with van der Waals surface area (Å²) in [5, 5.41) is 13.7. The predicted octanol–water partition coefficient (Wildman–Crippen LogP) is 2.56. The van der Waals surface area contributed by atoms with Gasteiger partial charge in [-0.15, -0.1) is 0 Å². The van der Waals surface area contributed by atoms with Crippen LogP contribution in [0.2, 0.25) is 5.04 Å². The number of amides is 2. The zero-order valence-electron chi connectivity index (χ0n) is 20.4. The van der Waals surface area contributed by atoms with Crippen molar-refractivity contribution in [2.24, 2.45) is 5.73 Å². The number of nitrogens with two attached hydrogens (primary N) is 1. The second-order valence-corrected chi connectivity index (χ2v) is 13.4. The molecule has 9 heteroatoms. The van der Waals surface area contributed by atoms with Gasteiger partial charge in [0.1, 0.15) is 12.6 Å². The van der Waals surface area contributed by atoms with Gasteiger partial charge in [0.25, 0.3) is 8.32 Å². The van der Waals surface area contributed by atoms with Crippen molar-refractivity contribution < 1.29 is 28.7 Å². The molecule has 0 aliphatic carbocycles. The molecule has 188 valence electrons. The monoisotopic (exact) mass is 498 g/mol. The molecule has 0 aliphatic rings. The Kier molecular flexibility index (Phi) is 10.2. The number of allylic oxidation sites excluding steroid dienone is 1. The number of carbonyl (C=O) groups excluding carboxylic acids is 2. The largest absolute Gasteiger partial charge is 0.480 e. The summed E-state index contributed by atoms with van der Waals surface area (Å²) in [7, 11) is -2.75. The van der Waals surface area contributed by atoms with E-state index in [2.05, 4.69) is 50.4 Å². The van der Waals surface area contributed by atoms with Crippen molar-refractivity contribution in [3.63, 3.8) is 0 Å². The highest BCUT2D eigenvalue weighted by Gasteiger charge is 2.50. The number of alkyl carbamates (subject to hydrolysis) is 1. The molecule has 0 radical (unpaired) electrons. The van der Waals surface area contributed by atoms with Gasteiger partial charge in [-0.1, -0.05) is 87.5 Å². The Morgan fingerprint density at radius 1 is 1.00 bits per heavy atom. The van der Waals surface area contributed by atoms with Crippen LogP contribution in [-0.2, 0) is 18.8 Å². The summed E-state index contributed by atoms with van der Waals surface area (Å²) < 4.78 is 11.9. The minimum atomic E-state index is -2.75. The molecule has 35 heavy (non-hydrogen) atoms. The van der Waals surface area contributed by atoms with Gasteiger partial charge in [-0.25, -0.2) is 9.59 Å². The number of nitrogens with one attached hydrogen (secondary N) is 1. The summed E-state index contributed by atoms with van der Waals surface area (Å²) in [5.41, 5.74) is 5.01. The van der Waals surface area contributed by atoms with Gasteiger partial charge in [0, 0.05) is 0 Å². The highest BCUT2D eigenvalue weighted by Crippen LogP contribution is 2.36. The molecule has 2 amide bonds. The van der Waals surface area contributed by atoms with Crippen LogP contribution in [0.1, 0.15) is 33.6 Å². The first-order valence-corrected chi connectivity index (χ1v) is 13.4. The standard InChI is InChI=1S/C26H34N2O6Si/c1-26(2,3)35(20-12-6-4-7-13-20,21-14-8-5-9-15-21)34-19-18-33-25(32)28-22(24(30)31)16-10-11-17-23(27)29/h4-9,11-15,17,22H,10,16,18-19H2,1-3H3,(H2,27,29)(H,28,32)(H,30,31)/b17-11+. The lowest BCUT2D eigenvalue weighted by molar-refractivity contribution is -0.139. The Balaban J connectivity index is 2.07. The molecule has 2 aromatic rings. The first-order chi connectivity index (χ1) is 16.6. The minimum Gasteiger partial charge on any atom is -0.480 e. The van der Waals surface area contributed by atoms with Crippen LogP contribution in [0.5, 0.6) is 0 Å². The van der Waals surface area contributed by atoms with Crippen LogP contribution >= 0.6 is 0 Å². The zero-order chi connectivity index (χ0) is 25.9. The third kappa shape index (κ3) is 7.80. The van der Waals surface area contributed by atoms with Crippen molar-refractivity contribution in [3.05, 3.63) is 72.8 Å². The highest BCUT2D eigenvalue weighted by atomic mass is 28.4. The van der Waals surface area contributed by atoms with E-state index in [0.29, 0.717) is 0 Å². The fourth-order valence-electron chi connectivity index (χ4n) is 3.99. The van der Waals surface area contributed by atoms with E-state index >= 15 is 0 Å². The van der Waals surface area contributed by atoms with Crippen molar-refractivity contribution >= 4 is 36.7 Å². The van der Waals surface area contributed by atoms with Gasteiger partial charge in [0.2, 0.25) is 5.91 Å². The van der Waals surface area contributed by atoms with E-state index < -0.39 is 32.3 Å². The van der Waals surface area contributed by atoms with E-state index in [1.165, 1.54) is 6.08 Å². The molecule has 0 aromatic heterocycles. The van der Waals surface area contributed by atoms with E-state index in [1.54, 1.807) is 0 Å². The Morgan fingerprint density at radius 2 is 1.54 bits per heavy atom. The molecule has 0 saturated heterocycles. The number of carboxylic acids is 1. The highest BCUT2D eigenvalue weighted by molar-refractivity contribution is 6.99. The second kappa shape index (κ2) is 12.9. The number of hydrogen-bond acceptors (Lipinski definition) is 5. The van der Waals surface area contributed by atoms with Crippen LogP contribution in [0.15, 0.2) is 72.8 Å². The molecular formula is C26H34N2O6Si. The predicted molar refractivity (Wildman–Crippen MR) is 137 cm³/mol. The summed E-state index contributed by atoms with van der Waals surface area (Å²) in [4.78, 5) is 34.4. The number of aliphatic carboxylic acids is 1. The van der Waals surface area contributed by atoms with Crippen molar-refractivity contribution in [1.82, 2.24) is 5.32 Å². The van der Waals surface area contributed by atoms with Crippen molar-refractivity contribution in [2.45, 2.75) is 44.7 Å². The van der Waals surface area contributed by atoms with Crippen molar-refractivity contribution in [2.75, 3.05) is 13.2 Å². The third-order valence-electron chi connectivity index (χ3n) is 5.55. The van der Waals surface area contributed by atoms with Crippen LogP contribution in [0, 0.1) is 0 Å². The molecule has 8 nitrogen and oxygen atoms in total. The molecule has 1 unspecified atom stereocenters. The summed E-state index contributed by atoms with van der Waals surface area (Å²) in [6.07, 6.45) is 2.12. The van der Waals surface area contributed by atoms with E-state index in [0.717, 1.165) is 16.4 Å². The topological polar surface area (TPSA) is 128 Å². The first-order valence-electron chi connectivity index (χ1n) is 11.4. The maximum Gasteiger partial charge on any atom is 0.407 e. The van der Waals surface area contributed by atoms with E-state index in [-0.39, 0.29) is 31.1 Å². The number of rotatable bonds is 12. The van der Waals surface area contributed by atoms with Gasteiger partial charge in [-0.3, -0.25) is 4.79 Å². The number of hydrogen-bond donors (Lipinski definition) is 3. The molecule has 2 rings (SSSR count). The van der Waals surface area contributed by atoms with Crippen LogP contribution in [0.3, 0.4) is 0 Å². The first kappa shape index (κ1) is 27.8. The number of benzene rings is 2. The van der Waals surface area contributed by atoms with Gasteiger partial charge >= 0.3 is 12.1 Å². The fourth-order valence-corrected chi connectivity index (χ4v) is 8.54. The molecule has 0 spiro atoms. The van der Waals surface area contributed by atoms with Crippen molar-refractivity contribution in [3.8, 4) is 0 Å². The van der Waals surface area contributed by atoms with Gasteiger partial charge in [0.05, 0.1) is 6.61 Å². The van der Waals surface area contributed by atoms with Gasteiger partial charge in [-0.05, 0) is 34.3 Å². The molecule has 0 fully saturated rings. The number of primary amides is 1. The van der Waals surface area contributed by atoms with Crippen LogP contribution in [0.25, 0.3) is 0 Å². The molecule has 4 N–H and O–H groups in total. The normalized spacial score (nSPS) is 12.8. The van der Waals surface area contributed by atoms with E-state index in [1.807, 2.05) is 36.4 Å². The van der Waals surface area contributed by atoms with Crippen molar-refractivity contribution in [1.29, 1.82) is 0 Å². The fraction of sp³-hybridized carbons (Fsp3) is 0.346. The Morgan fingerprint density at radius 3 is 2.00 bits per heavy atom. The maximum atomic E-state index is 12.2. The number of ether oxygens (including phenoxy) is 1. The Labute approximate surface area is 207 Å². The van der Waals surface area contributed by atoms with E-state index in [9.17, 15) is 19.5 Å². The molecular weight excluding hydrogens is 464 g/mol. The lowest BCUT2D eigenvalue weighted by Crippen LogP contribution is -2.66. The molecule has 1 atom stereocenters. The van der Waals surface area contributed by atoms with Gasteiger partial charge in [0.15, 0.2) is 0 Å². The SMILES string of the molecule is CC(C)(C)[Si](OCCOC(=O)NC(CC/C=C/C(N)=O)C(=O)O)(c1ccccc1)c1ccccc1.